The Labute approximate surface area is 219 Å². The first-order valence-electron chi connectivity index (χ1n) is 17.8. The quantitative estimate of drug-likeness (QED) is 0.613. The molecular formula is C25H27FN4O4. The number of hydrogen-bond donors (Lipinski definition) is 2. The molecule has 34 heavy (non-hydrogen) atoms. The van der Waals surface area contributed by atoms with E-state index in [1.54, 1.807) is 5.32 Å². The maximum atomic E-state index is 15.6. The summed E-state index contributed by atoms with van der Waals surface area (Å²) in [5.41, 5.74) is -2.55. The number of nitrogens with zero attached hydrogens (tertiary/aromatic N) is 2. The second-order valence-corrected chi connectivity index (χ2v) is 7.19. The van der Waals surface area contributed by atoms with E-state index in [1.165, 1.54) is 6.07 Å². The van der Waals surface area contributed by atoms with Crippen LogP contribution in [0, 0.1) is 5.82 Å². The Hall–Kier alpha value is -3.30. The smallest absolute Gasteiger partial charge is 0.255 e. The Kier molecular flexibility index (Phi) is 2.95. The molecule has 2 saturated heterocycles. The van der Waals surface area contributed by atoms with E-state index in [9.17, 15) is 14.4 Å². The van der Waals surface area contributed by atoms with E-state index in [0.29, 0.717) is 6.07 Å². The zero-order valence-electron chi connectivity index (χ0n) is 33.2. The van der Waals surface area contributed by atoms with Crippen molar-refractivity contribution >= 4 is 23.4 Å². The van der Waals surface area contributed by atoms with Gasteiger partial charge in [-0.3, -0.25) is 24.6 Å². The number of nitrogens with one attached hydrogen (secondary N) is 2. The average molecular weight is 483 g/mol. The monoisotopic (exact) mass is 482 g/mol. The Balaban J connectivity index is 1.48. The van der Waals surface area contributed by atoms with Crippen molar-refractivity contribution in [1.29, 1.82) is 0 Å². The lowest BCUT2D eigenvalue weighted by Crippen LogP contribution is -2.52. The van der Waals surface area contributed by atoms with E-state index in [4.69, 9.17) is 21.9 Å². The van der Waals surface area contributed by atoms with E-state index >= 15 is 4.39 Å². The third-order valence-corrected chi connectivity index (χ3v) is 4.98. The van der Waals surface area contributed by atoms with E-state index in [0.717, 1.165) is 24.3 Å². The van der Waals surface area contributed by atoms with Crippen molar-refractivity contribution in [3.63, 3.8) is 0 Å². The van der Waals surface area contributed by atoms with Crippen LogP contribution in [0.3, 0.4) is 0 Å². The molecule has 0 aliphatic carbocycles. The fourth-order valence-electron chi connectivity index (χ4n) is 3.39. The van der Waals surface area contributed by atoms with Crippen LogP contribution in [0.25, 0.3) is 0 Å². The summed E-state index contributed by atoms with van der Waals surface area (Å²) < 4.78 is 151. The Morgan fingerprint density at radius 1 is 1.21 bits per heavy atom. The number of fused-ring (bicyclic) bond motifs is 1. The minimum absolute atomic E-state index is 0.112. The highest BCUT2D eigenvalue weighted by molar-refractivity contribution is 6.06. The summed E-state index contributed by atoms with van der Waals surface area (Å²) >= 11 is 0. The van der Waals surface area contributed by atoms with Gasteiger partial charge in [-0.15, -0.1) is 0 Å². The van der Waals surface area contributed by atoms with Gasteiger partial charge in [0.1, 0.15) is 11.9 Å². The summed E-state index contributed by atoms with van der Waals surface area (Å²) in [7, 11) is 0. The number of ether oxygens (including phenoxy) is 1. The number of imide groups is 1. The summed E-state index contributed by atoms with van der Waals surface area (Å²) in [6.45, 7) is -20.2. The highest BCUT2D eigenvalue weighted by Crippen LogP contribution is 2.32. The summed E-state index contributed by atoms with van der Waals surface area (Å²) in [6, 6.07) is 3.41. The number of anilines is 1. The number of benzene rings is 2. The number of piperidine rings is 1. The molecule has 0 bridgehead atoms. The molecule has 2 N–H and O–H groups in total. The summed E-state index contributed by atoms with van der Waals surface area (Å²) in [6.07, 6.45) is -6.82. The molecule has 9 heteroatoms. The summed E-state index contributed by atoms with van der Waals surface area (Å²) in [4.78, 5) is 38.6. The van der Waals surface area contributed by atoms with E-state index in [-0.39, 0.29) is 15.4 Å². The Morgan fingerprint density at radius 2 is 2.03 bits per heavy atom. The van der Waals surface area contributed by atoms with Gasteiger partial charge in [0.15, 0.2) is 0 Å². The molecule has 2 aromatic rings. The predicted octanol–water partition coefficient (Wildman–Crippen LogP) is 2.03. The third-order valence-electron chi connectivity index (χ3n) is 4.98. The van der Waals surface area contributed by atoms with Crippen LogP contribution in [-0.4, -0.2) is 59.7 Å². The predicted molar refractivity (Wildman–Crippen MR) is 122 cm³/mol. The topological polar surface area (TPSA) is 91.0 Å². The van der Waals surface area contributed by atoms with Gasteiger partial charge < -0.3 is 15.0 Å². The molecule has 3 amide bonds. The lowest BCUT2D eigenvalue weighted by atomic mass is 10.0. The molecule has 1 atom stereocenters. The van der Waals surface area contributed by atoms with Gasteiger partial charge in [0, 0.05) is 72.2 Å². The molecule has 0 radical (unpaired) electrons. The fraction of sp³-hybridized carbons (Fsp3) is 0.400. The molecule has 178 valence electrons. The van der Waals surface area contributed by atoms with Gasteiger partial charge in [0.2, 0.25) is 11.8 Å². The van der Waals surface area contributed by atoms with Crippen molar-refractivity contribution in [2.75, 3.05) is 31.4 Å². The van der Waals surface area contributed by atoms with Crippen molar-refractivity contribution < 1.29 is 45.4 Å². The van der Waals surface area contributed by atoms with Crippen molar-refractivity contribution in [2.24, 2.45) is 0 Å². The minimum Gasteiger partial charge on any atom is -0.381 e. The molecule has 2 fully saturated rings. The number of halogens is 1. The number of morpholine rings is 1. The molecule has 0 spiro atoms. The van der Waals surface area contributed by atoms with Crippen molar-refractivity contribution in [3.05, 3.63) is 64.5 Å². The van der Waals surface area contributed by atoms with Crippen LogP contribution in [0.15, 0.2) is 36.4 Å². The SMILES string of the molecule is [2H]C([2H])(Nc1cccc2c1C([2H])([2H])N(C1C(=O)NC(=O)C([2H])([2H])C1([2H])[2H])C2=O)c1ccc(CN2C([2H])([2H])C([2H])([2H])OC([2H])([2H])C2([2H])[2H])cc1F. The van der Waals surface area contributed by atoms with Crippen LogP contribution in [0.5, 0.6) is 0 Å². The van der Waals surface area contributed by atoms with Gasteiger partial charge in [-0.25, -0.2) is 4.39 Å². The largest absolute Gasteiger partial charge is 0.381 e. The zero-order valence-corrected chi connectivity index (χ0v) is 17.2. The van der Waals surface area contributed by atoms with Gasteiger partial charge in [-0.2, -0.15) is 0 Å². The Bertz CT molecular complexity index is 1780. The lowest BCUT2D eigenvalue weighted by molar-refractivity contribution is -0.136. The highest BCUT2D eigenvalue weighted by Gasteiger charge is 2.39. The second-order valence-electron chi connectivity index (χ2n) is 7.19. The first-order chi connectivity index (χ1) is 22.5. The van der Waals surface area contributed by atoms with Crippen molar-refractivity contribution in [2.45, 2.75) is 38.3 Å². The number of carbonyl (C=O) groups is 3. The molecule has 3 aliphatic heterocycles. The standard InChI is InChI=1S/C25H27FN4O4/c26-20-12-16(14-29-8-10-34-11-9-29)4-5-17(20)13-27-21-3-1-2-18-19(21)15-30(25(18)33)22-6-7-23(31)28-24(22)32/h1-5,12,22,27H,6-11,13-15H2,(H,28,31,32)/i6D2,7D2,8D2,9D2,10D2,11D2,13D2,15D2. The van der Waals surface area contributed by atoms with Crippen LogP contribution >= 0.6 is 0 Å². The maximum Gasteiger partial charge on any atom is 0.255 e. The van der Waals surface area contributed by atoms with Crippen LogP contribution in [-0.2, 0) is 33.9 Å². The second kappa shape index (κ2) is 9.52. The molecule has 3 heterocycles. The number of rotatable bonds is 6. The van der Waals surface area contributed by atoms with Crippen molar-refractivity contribution in [1.82, 2.24) is 15.1 Å². The summed E-state index contributed by atoms with van der Waals surface area (Å²) in [5, 5.41) is 3.89. The highest BCUT2D eigenvalue weighted by atomic mass is 19.1. The lowest BCUT2D eigenvalue weighted by Gasteiger charge is -2.29. The van der Waals surface area contributed by atoms with Crippen LogP contribution < -0.4 is 10.6 Å². The fourth-order valence-corrected chi connectivity index (χ4v) is 3.39. The van der Waals surface area contributed by atoms with E-state index < -0.39 is 110 Å². The maximum absolute atomic E-state index is 15.6. The molecular weight excluding hydrogens is 439 g/mol. The Morgan fingerprint density at radius 3 is 2.82 bits per heavy atom. The summed E-state index contributed by atoms with van der Waals surface area (Å²) in [5.74, 6) is -5.75. The first kappa shape index (κ1) is 10.5. The van der Waals surface area contributed by atoms with Crippen LogP contribution in [0.4, 0.5) is 10.1 Å². The average Bonchev–Trinajstić information content (AvgIpc) is 3.14. The number of carbonyl (C=O) groups excluding carboxylic acids is 3. The van der Waals surface area contributed by atoms with E-state index in [2.05, 4.69) is 10.1 Å². The van der Waals surface area contributed by atoms with Crippen LogP contribution in [0.2, 0.25) is 0 Å². The van der Waals surface area contributed by atoms with Crippen molar-refractivity contribution in [3.8, 4) is 0 Å². The minimum atomic E-state index is -3.43. The molecule has 0 saturated carbocycles. The molecule has 1 unspecified atom stereocenters. The normalized spacial score (nSPS) is 38.7. The number of amides is 3. The molecule has 8 nitrogen and oxygen atoms in total. The number of hydrogen-bond acceptors (Lipinski definition) is 6. The van der Waals surface area contributed by atoms with Crippen LogP contribution in [0.1, 0.15) is 61.7 Å². The zero-order chi connectivity index (χ0) is 38.0. The molecule has 3 aliphatic rings. The molecule has 0 aromatic heterocycles. The first-order valence-corrected chi connectivity index (χ1v) is 9.84. The molecule has 5 rings (SSSR count). The van der Waals surface area contributed by atoms with Gasteiger partial charge in [-0.05, 0) is 30.1 Å². The van der Waals surface area contributed by atoms with Gasteiger partial charge in [0.25, 0.3) is 5.91 Å². The van der Waals surface area contributed by atoms with Gasteiger partial charge in [-0.1, -0.05) is 18.2 Å². The molecule has 2 aromatic carbocycles. The third kappa shape index (κ3) is 4.53. The van der Waals surface area contributed by atoms with E-state index in [1.807, 2.05) is 0 Å². The van der Waals surface area contributed by atoms with Gasteiger partial charge >= 0.3 is 0 Å². The van der Waals surface area contributed by atoms with Gasteiger partial charge in [0.05, 0.1) is 24.1 Å².